The number of imidazole rings is 1. The summed E-state index contributed by atoms with van der Waals surface area (Å²) in [5.41, 5.74) is 14.5. The van der Waals surface area contributed by atoms with Gasteiger partial charge in [0, 0.05) is 11.6 Å². The fourth-order valence-electron chi connectivity index (χ4n) is 2.62. The van der Waals surface area contributed by atoms with E-state index in [9.17, 15) is 9.90 Å². The van der Waals surface area contributed by atoms with Crippen LogP contribution in [0.4, 0.5) is 5.69 Å². The Bertz CT molecular complexity index is 933. The highest BCUT2D eigenvalue weighted by Gasteiger charge is 2.27. The highest BCUT2D eigenvalue weighted by Crippen LogP contribution is 2.38. The first-order valence-electron chi connectivity index (χ1n) is 8.09. The lowest BCUT2D eigenvalue weighted by Gasteiger charge is -2.09. The van der Waals surface area contributed by atoms with Crippen molar-refractivity contribution in [1.29, 1.82) is 0 Å². The molecule has 0 radical (unpaired) electrons. The average Bonchev–Trinajstić information content (AvgIpc) is 3.34. The van der Waals surface area contributed by atoms with E-state index in [2.05, 4.69) is 9.97 Å². The predicted octanol–water partition coefficient (Wildman–Crippen LogP) is 2.87. The number of primary amides is 1. The van der Waals surface area contributed by atoms with Gasteiger partial charge in [-0.15, -0.1) is 0 Å². The summed E-state index contributed by atoms with van der Waals surface area (Å²) in [6.45, 7) is 3.61. The number of amides is 1. The van der Waals surface area contributed by atoms with Gasteiger partial charge >= 0.3 is 0 Å². The molecule has 7 heteroatoms. The van der Waals surface area contributed by atoms with E-state index >= 15 is 0 Å². The first-order chi connectivity index (χ1) is 11.9. The summed E-state index contributed by atoms with van der Waals surface area (Å²) in [5.74, 6) is -0.506. The summed E-state index contributed by atoms with van der Waals surface area (Å²) < 4.78 is 1.97. The van der Waals surface area contributed by atoms with E-state index in [0.717, 1.165) is 18.4 Å². The van der Waals surface area contributed by atoms with Crippen molar-refractivity contribution in [2.75, 3.05) is 5.73 Å². The monoisotopic (exact) mass is 339 g/mol. The Hall–Kier alpha value is -3.09. The quantitative estimate of drug-likeness (QED) is 0.571. The van der Waals surface area contributed by atoms with Crippen LogP contribution >= 0.6 is 0 Å². The summed E-state index contributed by atoms with van der Waals surface area (Å²) in [4.78, 5) is 20.6. The lowest BCUT2D eigenvalue weighted by Crippen LogP contribution is -2.17. The number of hydrogen-bond donors (Lipinski definition) is 3. The number of hydrogen-bond acceptors (Lipinski definition) is 5. The van der Waals surface area contributed by atoms with Crippen molar-refractivity contribution < 1.29 is 9.90 Å². The first-order valence-corrected chi connectivity index (χ1v) is 8.09. The van der Waals surface area contributed by atoms with Gasteiger partial charge in [0.2, 0.25) is 0 Å². The Kier molecular flexibility index (Phi) is 4.31. The number of aliphatic hydroxyl groups excluding tert-OH is 1. The van der Waals surface area contributed by atoms with E-state index in [0.29, 0.717) is 22.8 Å². The molecule has 2 aromatic rings. The molecule has 0 atom stereocenters. The number of rotatable bonds is 5. The number of nitrogen functional groups attached to an aromatic ring is 1. The van der Waals surface area contributed by atoms with Crippen LogP contribution in [0, 0.1) is 0 Å². The van der Waals surface area contributed by atoms with Crippen molar-refractivity contribution in [3.05, 3.63) is 47.1 Å². The fourth-order valence-corrected chi connectivity index (χ4v) is 2.62. The van der Waals surface area contributed by atoms with Gasteiger partial charge in [-0.1, -0.05) is 11.6 Å². The SMILES string of the molecule is C/C=C(O)/C=C\C(C)=C\c1c(N)c(C(N)=O)nc2c1ncn2C1CC1. The Labute approximate surface area is 145 Å². The standard InChI is InChI=1S/C18H21N5O2/c1-3-12(24)7-4-10(2)8-13-14(19)16(17(20)25)22-18-15(13)21-9-23(18)11-5-6-11/h3-4,7-9,11,24H,5-6,19H2,1-2H3,(H2,20,25)/b7-4-,10-8+,12-3-. The van der Waals surface area contributed by atoms with E-state index < -0.39 is 5.91 Å². The molecule has 3 rings (SSSR count). The lowest BCUT2D eigenvalue weighted by atomic mass is 10.1. The van der Waals surface area contributed by atoms with E-state index in [4.69, 9.17) is 11.5 Å². The minimum absolute atomic E-state index is 0.0502. The molecule has 130 valence electrons. The largest absolute Gasteiger partial charge is 0.508 e. The van der Waals surface area contributed by atoms with Crippen molar-refractivity contribution >= 4 is 28.8 Å². The van der Waals surface area contributed by atoms with Crippen LogP contribution in [-0.2, 0) is 0 Å². The van der Waals surface area contributed by atoms with E-state index in [-0.39, 0.29) is 17.1 Å². The number of carbonyl (C=O) groups is 1. The normalized spacial score (nSPS) is 16.1. The van der Waals surface area contributed by atoms with Crippen LogP contribution in [0.15, 0.2) is 35.9 Å². The maximum absolute atomic E-state index is 11.8. The zero-order valence-electron chi connectivity index (χ0n) is 14.2. The summed E-state index contributed by atoms with van der Waals surface area (Å²) >= 11 is 0. The Morgan fingerprint density at radius 2 is 2.12 bits per heavy atom. The van der Waals surface area contributed by atoms with Crippen LogP contribution in [0.1, 0.15) is 48.8 Å². The number of allylic oxidation sites excluding steroid dienone is 4. The highest BCUT2D eigenvalue weighted by atomic mass is 16.3. The Morgan fingerprint density at radius 1 is 1.40 bits per heavy atom. The number of nitrogens with two attached hydrogens (primary N) is 2. The van der Waals surface area contributed by atoms with E-state index in [1.807, 2.05) is 17.6 Å². The number of aliphatic hydroxyl groups is 1. The molecular weight excluding hydrogens is 318 g/mol. The second-order valence-corrected chi connectivity index (χ2v) is 6.14. The van der Waals surface area contributed by atoms with Gasteiger partial charge in [-0.05, 0) is 44.9 Å². The van der Waals surface area contributed by atoms with Crippen LogP contribution in [-0.4, -0.2) is 25.5 Å². The van der Waals surface area contributed by atoms with Gasteiger partial charge in [-0.3, -0.25) is 4.79 Å². The maximum Gasteiger partial charge on any atom is 0.269 e. The van der Waals surface area contributed by atoms with Gasteiger partial charge in [-0.2, -0.15) is 0 Å². The highest BCUT2D eigenvalue weighted by molar-refractivity contribution is 6.02. The number of aromatic nitrogens is 3. The van der Waals surface area contributed by atoms with Gasteiger partial charge in [0.05, 0.1) is 12.0 Å². The molecule has 1 saturated carbocycles. The van der Waals surface area contributed by atoms with Gasteiger partial charge in [0.15, 0.2) is 11.3 Å². The van der Waals surface area contributed by atoms with Crippen molar-refractivity contribution in [3.8, 4) is 0 Å². The average molecular weight is 339 g/mol. The van der Waals surface area contributed by atoms with Crippen LogP contribution in [0.2, 0.25) is 0 Å². The number of pyridine rings is 1. The number of fused-ring (bicyclic) bond motifs is 1. The molecule has 25 heavy (non-hydrogen) atoms. The summed E-state index contributed by atoms with van der Waals surface area (Å²) in [6.07, 6.45) is 10.6. The Balaban J connectivity index is 2.17. The molecule has 1 amide bonds. The molecule has 1 aliphatic carbocycles. The van der Waals surface area contributed by atoms with Crippen LogP contribution in [0.5, 0.6) is 0 Å². The maximum atomic E-state index is 11.8. The molecule has 7 nitrogen and oxygen atoms in total. The third-order valence-electron chi connectivity index (χ3n) is 4.14. The van der Waals surface area contributed by atoms with Crippen LogP contribution < -0.4 is 11.5 Å². The molecule has 5 N–H and O–H groups in total. The summed E-state index contributed by atoms with van der Waals surface area (Å²) in [7, 11) is 0. The third kappa shape index (κ3) is 3.26. The van der Waals surface area contributed by atoms with Crippen LogP contribution in [0.25, 0.3) is 17.2 Å². The molecule has 1 fully saturated rings. The molecule has 1 aliphatic rings. The molecule has 0 spiro atoms. The number of carbonyl (C=O) groups excluding carboxylic acids is 1. The Morgan fingerprint density at radius 3 is 2.72 bits per heavy atom. The minimum atomic E-state index is -0.669. The molecular formula is C18H21N5O2. The van der Waals surface area contributed by atoms with Gasteiger partial charge in [0.1, 0.15) is 11.3 Å². The van der Waals surface area contributed by atoms with Gasteiger partial charge in [-0.25, -0.2) is 9.97 Å². The zero-order valence-corrected chi connectivity index (χ0v) is 14.2. The number of nitrogens with zero attached hydrogens (tertiary/aromatic N) is 3. The molecule has 0 unspecified atom stereocenters. The lowest BCUT2D eigenvalue weighted by molar-refractivity contribution is 0.0996. The van der Waals surface area contributed by atoms with Gasteiger partial charge < -0.3 is 21.1 Å². The molecule has 0 bridgehead atoms. The second kappa shape index (κ2) is 6.43. The van der Waals surface area contributed by atoms with E-state index in [1.165, 1.54) is 0 Å². The molecule has 2 heterocycles. The third-order valence-corrected chi connectivity index (χ3v) is 4.14. The van der Waals surface area contributed by atoms with Gasteiger partial charge in [0.25, 0.3) is 5.91 Å². The smallest absolute Gasteiger partial charge is 0.269 e. The van der Waals surface area contributed by atoms with Crippen molar-refractivity contribution in [3.63, 3.8) is 0 Å². The summed E-state index contributed by atoms with van der Waals surface area (Å²) in [6, 6.07) is 0.367. The molecule has 0 aromatic carbocycles. The second-order valence-electron chi connectivity index (χ2n) is 6.14. The van der Waals surface area contributed by atoms with Crippen molar-refractivity contribution in [1.82, 2.24) is 14.5 Å². The molecule has 0 aliphatic heterocycles. The molecule has 2 aromatic heterocycles. The topological polar surface area (TPSA) is 120 Å². The predicted molar refractivity (Wildman–Crippen MR) is 97.9 cm³/mol. The van der Waals surface area contributed by atoms with Crippen molar-refractivity contribution in [2.24, 2.45) is 5.73 Å². The minimum Gasteiger partial charge on any atom is -0.508 e. The zero-order chi connectivity index (χ0) is 18.1. The molecule has 0 saturated heterocycles. The number of anilines is 1. The van der Waals surface area contributed by atoms with E-state index in [1.54, 1.807) is 31.5 Å². The first kappa shape index (κ1) is 16.8. The van der Waals surface area contributed by atoms with Crippen molar-refractivity contribution in [2.45, 2.75) is 32.7 Å². The summed E-state index contributed by atoms with van der Waals surface area (Å²) in [5, 5.41) is 9.52. The van der Waals surface area contributed by atoms with Crippen LogP contribution in [0.3, 0.4) is 0 Å². The fraction of sp³-hybridized carbons (Fsp3) is 0.278.